The van der Waals surface area contributed by atoms with Crippen molar-refractivity contribution in [1.29, 1.82) is 0 Å². The molecule has 2 nitrogen and oxygen atoms in total. The maximum Gasteiger partial charge on any atom is 0.212 e. The molecule has 0 amide bonds. The maximum absolute atomic E-state index is 12.4. The zero-order chi connectivity index (χ0) is 13.7. The molecule has 2 rings (SSSR count). The van der Waals surface area contributed by atoms with Crippen molar-refractivity contribution >= 4 is 22.5 Å². The van der Waals surface area contributed by atoms with Gasteiger partial charge in [0.1, 0.15) is 0 Å². The number of benzene rings is 1. The van der Waals surface area contributed by atoms with Crippen LogP contribution in [0.25, 0.3) is 0 Å². The summed E-state index contributed by atoms with van der Waals surface area (Å²) in [5, 5.41) is 1.97. The smallest absolute Gasteiger partial charge is 0.212 e. The van der Waals surface area contributed by atoms with Crippen LogP contribution in [0.5, 0.6) is 0 Å². The van der Waals surface area contributed by atoms with Crippen LogP contribution >= 0.6 is 11.3 Å². The predicted octanol–water partition coefficient (Wildman–Crippen LogP) is 3.41. The van der Waals surface area contributed by atoms with E-state index < -0.39 is 11.2 Å². The highest BCUT2D eigenvalue weighted by Crippen LogP contribution is 2.25. The number of aryl methyl sites for hydroxylation is 1. The lowest BCUT2D eigenvalue weighted by Crippen LogP contribution is -2.13. The van der Waals surface area contributed by atoms with E-state index in [1.54, 1.807) is 11.3 Å². The Morgan fingerprint density at radius 1 is 1.21 bits per heavy atom. The molecule has 1 aromatic carbocycles. The van der Waals surface area contributed by atoms with E-state index in [2.05, 4.69) is 31.1 Å². The van der Waals surface area contributed by atoms with Crippen LogP contribution in [-0.2, 0) is 17.6 Å². The van der Waals surface area contributed by atoms with Gasteiger partial charge in [-0.3, -0.25) is 0 Å². The van der Waals surface area contributed by atoms with E-state index in [-0.39, 0.29) is 0 Å². The summed E-state index contributed by atoms with van der Waals surface area (Å²) in [4.78, 5) is 3.10. The maximum atomic E-state index is 12.4. The van der Waals surface area contributed by atoms with Gasteiger partial charge >= 0.3 is 0 Å². The summed E-state index contributed by atoms with van der Waals surface area (Å²) in [6, 6.07) is 12.0. The normalized spacial score (nSPS) is 12.8. The SMILES string of the molecule is CN(C)CCCc1cccc([S+]([O-])c2cccs2)c1. The van der Waals surface area contributed by atoms with E-state index in [4.69, 9.17) is 0 Å². The summed E-state index contributed by atoms with van der Waals surface area (Å²) in [5.41, 5.74) is 1.27. The summed E-state index contributed by atoms with van der Waals surface area (Å²) >= 11 is 0.514. The van der Waals surface area contributed by atoms with Gasteiger partial charge in [-0.15, -0.1) is 0 Å². The second kappa shape index (κ2) is 7.10. The molecule has 0 saturated heterocycles. The number of hydrogen-bond acceptors (Lipinski definition) is 3. The van der Waals surface area contributed by atoms with Gasteiger partial charge in [-0.05, 0) is 62.6 Å². The number of nitrogens with zero attached hydrogens (tertiary/aromatic N) is 1. The van der Waals surface area contributed by atoms with E-state index in [1.807, 2.05) is 29.6 Å². The third-order valence-electron chi connectivity index (χ3n) is 2.86. The van der Waals surface area contributed by atoms with E-state index in [1.165, 1.54) is 5.56 Å². The van der Waals surface area contributed by atoms with Gasteiger partial charge in [0.2, 0.25) is 4.21 Å². The minimum atomic E-state index is -1.03. The number of hydrogen-bond donors (Lipinski definition) is 0. The van der Waals surface area contributed by atoms with Crippen LogP contribution in [0.3, 0.4) is 0 Å². The van der Waals surface area contributed by atoms with E-state index in [0.717, 1.165) is 28.5 Å². The first kappa shape index (κ1) is 14.6. The van der Waals surface area contributed by atoms with E-state index in [9.17, 15) is 4.55 Å². The Morgan fingerprint density at radius 2 is 2.05 bits per heavy atom. The zero-order valence-electron chi connectivity index (χ0n) is 11.3. The Hall–Kier alpha value is -0.810. The summed E-state index contributed by atoms with van der Waals surface area (Å²) in [7, 11) is 4.17. The molecule has 4 heteroatoms. The van der Waals surface area contributed by atoms with E-state index in [0.29, 0.717) is 0 Å². The van der Waals surface area contributed by atoms with Crippen molar-refractivity contribution in [1.82, 2.24) is 4.90 Å². The minimum absolute atomic E-state index is 0.907. The van der Waals surface area contributed by atoms with Crippen molar-refractivity contribution in [2.45, 2.75) is 21.9 Å². The molecule has 1 aromatic heterocycles. The van der Waals surface area contributed by atoms with Crippen molar-refractivity contribution in [2.24, 2.45) is 0 Å². The van der Waals surface area contributed by atoms with E-state index >= 15 is 0 Å². The molecule has 19 heavy (non-hydrogen) atoms. The molecule has 0 saturated carbocycles. The van der Waals surface area contributed by atoms with Crippen LogP contribution in [0.2, 0.25) is 0 Å². The fraction of sp³-hybridized carbons (Fsp3) is 0.333. The van der Waals surface area contributed by atoms with Crippen molar-refractivity contribution in [3.8, 4) is 0 Å². The highest BCUT2D eigenvalue weighted by atomic mass is 32.2. The van der Waals surface area contributed by atoms with Crippen LogP contribution in [0.15, 0.2) is 50.9 Å². The predicted molar refractivity (Wildman–Crippen MR) is 82.3 cm³/mol. The Morgan fingerprint density at radius 3 is 2.74 bits per heavy atom. The lowest BCUT2D eigenvalue weighted by molar-refractivity contribution is 0.400. The van der Waals surface area contributed by atoms with Crippen molar-refractivity contribution in [3.05, 3.63) is 47.3 Å². The molecular formula is C15H19NOS2. The Labute approximate surface area is 122 Å². The molecule has 0 spiro atoms. The summed E-state index contributed by atoms with van der Waals surface area (Å²) in [6.45, 7) is 1.08. The standard InChI is InChI=1S/C15H19NOS2/c1-16(2)10-4-7-13-6-3-8-14(12-13)19(17)15-9-5-11-18-15/h3,5-6,8-9,11-12H,4,7,10H2,1-2H3. The van der Waals surface area contributed by atoms with Gasteiger partial charge in [0.05, 0.1) is 0 Å². The van der Waals surface area contributed by atoms with Gasteiger partial charge < -0.3 is 9.45 Å². The average molecular weight is 293 g/mol. The highest BCUT2D eigenvalue weighted by molar-refractivity contribution is 7.93. The number of rotatable bonds is 6. The van der Waals surface area contributed by atoms with Gasteiger partial charge in [0.15, 0.2) is 4.90 Å². The molecule has 0 aliphatic carbocycles. The van der Waals surface area contributed by atoms with Crippen LogP contribution < -0.4 is 0 Å². The quantitative estimate of drug-likeness (QED) is 0.763. The second-order valence-corrected chi connectivity index (χ2v) is 7.41. The molecule has 1 unspecified atom stereocenters. The molecule has 0 bridgehead atoms. The Balaban J connectivity index is 2.02. The fourth-order valence-electron chi connectivity index (χ4n) is 1.90. The minimum Gasteiger partial charge on any atom is -0.606 e. The van der Waals surface area contributed by atoms with Crippen molar-refractivity contribution < 1.29 is 4.55 Å². The first-order valence-electron chi connectivity index (χ1n) is 6.36. The van der Waals surface area contributed by atoms with Gasteiger partial charge in [0.25, 0.3) is 0 Å². The summed E-state index contributed by atoms with van der Waals surface area (Å²) < 4.78 is 13.3. The van der Waals surface area contributed by atoms with Crippen LogP contribution in [0.1, 0.15) is 12.0 Å². The second-order valence-electron chi connectivity index (χ2n) is 4.76. The van der Waals surface area contributed by atoms with Gasteiger partial charge in [-0.25, -0.2) is 0 Å². The zero-order valence-corrected chi connectivity index (χ0v) is 13.0. The first-order valence-corrected chi connectivity index (χ1v) is 8.39. The van der Waals surface area contributed by atoms with Crippen molar-refractivity contribution in [2.75, 3.05) is 20.6 Å². The Bertz CT molecular complexity index is 497. The first-order chi connectivity index (χ1) is 9.16. The molecule has 1 heterocycles. The molecule has 102 valence electrons. The molecule has 2 aromatic rings. The monoisotopic (exact) mass is 293 g/mol. The van der Waals surface area contributed by atoms with Crippen LogP contribution in [-0.4, -0.2) is 30.1 Å². The molecule has 1 atom stereocenters. The fourth-order valence-corrected chi connectivity index (χ4v) is 4.05. The van der Waals surface area contributed by atoms with Gasteiger partial charge in [0, 0.05) is 17.2 Å². The molecule has 0 aliphatic rings. The summed E-state index contributed by atoms with van der Waals surface area (Å²) in [5.74, 6) is 0. The lowest BCUT2D eigenvalue weighted by Gasteiger charge is -2.11. The molecule has 0 fully saturated rings. The third kappa shape index (κ3) is 4.35. The van der Waals surface area contributed by atoms with Gasteiger partial charge in [-0.2, -0.15) is 0 Å². The van der Waals surface area contributed by atoms with Gasteiger partial charge in [-0.1, -0.05) is 23.5 Å². The lowest BCUT2D eigenvalue weighted by atomic mass is 10.1. The average Bonchev–Trinajstić information content (AvgIpc) is 2.91. The molecular weight excluding hydrogens is 274 g/mol. The summed E-state index contributed by atoms with van der Waals surface area (Å²) in [6.07, 6.45) is 2.16. The van der Waals surface area contributed by atoms with Crippen LogP contribution in [0, 0.1) is 0 Å². The molecule has 0 N–H and O–H groups in total. The molecule has 0 aliphatic heterocycles. The topological polar surface area (TPSA) is 26.3 Å². The Kier molecular flexibility index (Phi) is 5.45. The van der Waals surface area contributed by atoms with Crippen molar-refractivity contribution in [3.63, 3.8) is 0 Å². The van der Waals surface area contributed by atoms with Crippen LogP contribution in [0.4, 0.5) is 0 Å². The largest absolute Gasteiger partial charge is 0.606 e. The number of thiophene rings is 1. The highest BCUT2D eigenvalue weighted by Gasteiger charge is 2.15. The molecule has 0 radical (unpaired) electrons. The third-order valence-corrected chi connectivity index (χ3v) is 5.45.